The molecule has 0 aliphatic rings. The minimum Gasteiger partial charge on any atom is -0.296 e. The molecule has 0 fully saturated rings. The van der Waals surface area contributed by atoms with Gasteiger partial charge < -0.3 is 0 Å². The zero-order chi connectivity index (χ0) is 12.1. The summed E-state index contributed by atoms with van der Waals surface area (Å²) < 4.78 is 13.6. The lowest BCUT2D eigenvalue weighted by Crippen LogP contribution is -2.30. The molecule has 86 valence electrons. The second-order valence-corrected chi connectivity index (χ2v) is 3.80. The lowest BCUT2D eigenvalue weighted by Gasteiger charge is -2.10. The van der Waals surface area contributed by atoms with Gasteiger partial charge in [0, 0.05) is 11.5 Å². The Labute approximate surface area is 94.5 Å². The van der Waals surface area contributed by atoms with Gasteiger partial charge in [0.05, 0.1) is 0 Å². The van der Waals surface area contributed by atoms with E-state index in [0.717, 1.165) is 0 Å². The van der Waals surface area contributed by atoms with Crippen LogP contribution in [0.25, 0.3) is 0 Å². The predicted octanol–water partition coefficient (Wildman–Crippen LogP) is 2.82. The lowest BCUT2D eigenvalue weighted by molar-refractivity contribution is -0.125. The van der Waals surface area contributed by atoms with Gasteiger partial charge in [0.2, 0.25) is 12.0 Å². The smallest absolute Gasteiger partial charge is 0.221 e. The number of alkyl halides is 1. The summed E-state index contributed by atoms with van der Waals surface area (Å²) in [6.07, 6.45) is -1.49. The van der Waals surface area contributed by atoms with E-state index in [1.807, 2.05) is 0 Å². The standard InChI is InChI=1S/C13H15FO2/c1-3-9(2)12(15)11(14)13(16)10-7-5-4-6-8-10/h4-9,11H,3H2,1-2H3. The molecule has 0 aliphatic carbocycles. The number of Topliss-reactive ketones (excluding diaryl/α,β-unsaturated/α-hetero) is 2. The Balaban J connectivity index is 2.79. The maximum absolute atomic E-state index is 13.6. The Morgan fingerprint density at radius 3 is 2.31 bits per heavy atom. The van der Waals surface area contributed by atoms with Gasteiger partial charge >= 0.3 is 0 Å². The zero-order valence-corrected chi connectivity index (χ0v) is 9.44. The van der Waals surface area contributed by atoms with Crippen molar-refractivity contribution in [2.45, 2.75) is 26.4 Å². The fraction of sp³-hybridized carbons (Fsp3) is 0.385. The van der Waals surface area contributed by atoms with Crippen LogP contribution in [-0.2, 0) is 4.79 Å². The summed E-state index contributed by atoms with van der Waals surface area (Å²) in [6, 6.07) is 8.06. The van der Waals surface area contributed by atoms with Crippen LogP contribution in [0.1, 0.15) is 30.6 Å². The van der Waals surface area contributed by atoms with Gasteiger partial charge in [-0.3, -0.25) is 9.59 Å². The first-order valence-electron chi connectivity index (χ1n) is 5.35. The summed E-state index contributed by atoms with van der Waals surface area (Å²) in [4.78, 5) is 23.1. The molecule has 1 aromatic rings. The minimum absolute atomic E-state index is 0.242. The number of carbonyl (C=O) groups is 2. The molecule has 16 heavy (non-hydrogen) atoms. The third-order valence-electron chi connectivity index (χ3n) is 2.64. The van der Waals surface area contributed by atoms with Gasteiger partial charge in [-0.25, -0.2) is 4.39 Å². The highest BCUT2D eigenvalue weighted by Gasteiger charge is 2.29. The second kappa shape index (κ2) is 5.54. The molecule has 2 atom stereocenters. The zero-order valence-electron chi connectivity index (χ0n) is 9.44. The van der Waals surface area contributed by atoms with Crippen molar-refractivity contribution in [2.24, 2.45) is 5.92 Å². The van der Waals surface area contributed by atoms with Crippen molar-refractivity contribution >= 4 is 11.6 Å². The SMILES string of the molecule is CCC(C)C(=O)C(F)C(=O)c1ccccc1. The second-order valence-electron chi connectivity index (χ2n) is 3.80. The van der Waals surface area contributed by atoms with E-state index in [4.69, 9.17) is 0 Å². The highest BCUT2D eigenvalue weighted by atomic mass is 19.1. The van der Waals surface area contributed by atoms with Gasteiger partial charge in [-0.05, 0) is 6.42 Å². The van der Waals surface area contributed by atoms with Crippen molar-refractivity contribution in [1.82, 2.24) is 0 Å². The van der Waals surface area contributed by atoms with Gasteiger partial charge in [-0.1, -0.05) is 44.2 Å². The highest BCUT2D eigenvalue weighted by Crippen LogP contribution is 2.13. The molecule has 0 bridgehead atoms. The number of carbonyl (C=O) groups excluding carboxylic acids is 2. The summed E-state index contributed by atoms with van der Waals surface area (Å²) in [5, 5.41) is 0. The molecule has 0 amide bonds. The third kappa shape index (κ3) is 2.75. The first-order valence-corrected chi connectivity index (χ1v) is 5.35. The number of hydrogen-bond donors (Lipinski definition) is 0. The van der Waals surface area contributed by atoms with Gasteiger partial charge in [0.15, 0.2) is 5.78 Å². The van der Waals surface area contributed by atoms with Gasteiger partial charge in [-0.15, -0.1) is 0 Å². The quantitative estimate of drug-likeness (QED) is 0.567. The van der Waals surface area contributed by atoms with Crippen LogP contribution >= 0.6 is 0 Å². The molecule has 0 radical (unpaired) electrons. The van der Waals surface area contributed by atoms with Crippen molar-refractivity contribution in [3.8, 4) is 0 Å². The molecule has 1 rings (SSSR count). The number of rotatable bonds is 5. The fourth-order valence-electron chi connectivity index (χ4n) is 1.33. The summed E-state index contributed by atoms with van der Waals surface area (Å²) in [5.74, 6) is -1.79. The molecule has 0 aromatic heterocycles. The number of benzene rings is 1. The molecule has 0 spiro atoms. The van der Waals surface area contributed by atoms with E-state index in [9.17, 15) is 14.0 Å². The monoisotopic (exact) mass is 222 g/mol. The average molecular weight is 222 g/mol. The van der Waals surface area contributed by atoms with Crippen LogP contribution in [0.4, 0.5) is 4.39 Å². The Bertz CT molecular complexity index is 373. The molecular weight excluding hydrogens is 207 g/mol. The van der Waals surface area contributed by atoms with Crippen LogP contribution in [0.5, 0.6) is 0 Å². The van der Waals surface area contributed by atoms with Crippen LogP contribution in [-0.4, -0.2) is 17.7 Å². The molecule has 2 nitrogen and oxygen atoms in total. The topological polar surface area (TPSA) is 34.1 Å². The van der Waals surface area contributed by atoms with Crippen LogP contribution in [0.15, 0.2) is 30.3 Å². The van der Waals surface area contributed by atoms with E-state index in [2.05, 4.69) is 0 Å². The van der Waals surface area contributed by atoms with Crippen molar-refractivity contribution in [3.05, 3.63) is 35.9 Å². The number of ketones is 2. The summed E-state index contributed by atoms with van der Waals surface area (Å²) in [7, 11) is 0. The van der Waals surface area contributed by atoms with Crippen LogP contribution < -0.4 is 0 Å². The van der Waals surface area contributed by atoms with E-state index in [-0.39, 0.29) is 5.56 Å². The van der Waals surface area contributed by atoms with E-state index in [1.54, 1.807) is 32.0 Å². The Kier molecular flexibility index (Phi) is 4.35. The molecule has 0 saturated heterocycles. The predicted molar refractivity (Wildman–Crippen MR) is 60.1 cm³/mol. The summed E-state index contributed by atoms with van der Waals surface area (Å²) >= 11 is 0. The van der Waals surface area contributed by atoms with Gasteiger partial charge in [0.25, 0.3) is 0 Å². The fourth-order valence-corrected chi connectivity index (χ4v) is 1.33. The maximum Gasteiger partial charge on any atom is 0.221 e. The summed E-state index contributed by atoms with van der Waals surface area (Å²) in [6.45, 7) is 3.43. The van der Waals surface area contributed by atoms with Crippen LogP contribution in [0, 0.1) is 5.92 Å². The summed E-state index contributed by atoms with van der Waals surface area (Å²) in [5.41, 5.74) is 0.242. The van der Waals surface area contributed by atoms with Crippen molar-refractivity contribution < 1.29 is 14.0 Å². The minimum atomic E-state index is -2.03. The first-order chi connectivity index (χ1) is 7.57. The highest BCUT2D eigenvalue weighted by molar-refractivity contribution is 6.13. The molecule has 0 aliphatic heterocycles. The Morgan fingerprint density at radius 1 is 1.25 bits per heavy atom. The Morgan fingerprint density at radius 2 is 1.81 bits per heavy atom. The van der Waals surface area contributed by atoms with E-state index in [1.165, 1.54) is 12.1 Å². The maximum atomic E-state index is 13.6. The normalized spacial score (nSPS) is 14.2. The van der Waals surface area contributed by atoms with Gasteiger partial charge in [-0.2, -0.15) is 0 Å². The molecule has 2 unspecified atom stereocenters. The van der Waals surface area contributed by atoms with Crippen molar-refractivity contribution in [1.29, 1.82) is 0 Å². The molecule has 0 saturated carbocycles. The number of halogens is 1. The molecule has 0 N–H and O–H groups in total. The third-order valence-corrected chi connectivity index (χ3v) is 2.64. The average Bonchev–Trinajstić information content (AvgIpc) is 2.36. The molecule has 0 heterocycles. The largest absolute Gasteiger partial charge is 0.296 e. The van der Waals surface area contributed by atoms with Crippen molar-refractivity contribution in [2.75, 3.05) is 0 Å². The van der Waals surface area contributed by atoms with Crippen molar-refractivity contribution in [3.63, 3.8) is 0 Å². The van der Waals surface area contributed by atoms with Crippen LogP contribution in [0.2, 0.25) is 0 Å². The van der Waals surface area contributed by atoms with Gasteiger partial charge in [0.1, 0.15) is 0 Å². The molecule has 3 heteroatoms. The van der Waals surface area contributed by atoms with Crippen LogP contribution in [0.3, 0.4) is 0 Å². The number of hydrogen-bond acceptors (Lipinski definition) is 2. The Hall–Kier alpha value is -1.51. The van der Waals surface area contributed by atoms with E-state index in [0.29, 0.717) is 6.42 Å². The molecule has 1 aromatic carbocycles. The van der Waals surface area contributed by atoms with E-state index < -0.39 is 23.7 Å². The molecular formula is C13H15FO2. The first kappa shape index (κ1) is 12.6. The van der Waals surface area contributed by atoms with E-state index >= 15 is 0 Å². The lowest BCUT2D eigenvalue weighted by atomic mass is 9.95.